The number of fused-ring (bicyclic) bond motifs is 2. The number of amides is 1. The van der Waals surface area contributed by atoms with E-state index in [9.17, 15) is 9.59 Å². The monoisotopic (exact) mass is 357 g/mol. The lowest BCUT2D eigenvalue weighted by Gasteiger charge is -2.38. The van der Waals surface area contributed by atoms with E-state index in [1.807, 2.05) is 45.0 Å². The molecule has 0 bridgehead atoms. The summed E-state index contributed by atoms with van der Waals surface area (Å²) in [6.07, 6.45) is 4.25. The standard InChI is InChI=1S/C20H23NO5/c1-19(2,3)26-18(23)21-9-8-20(7-6-14(22)11-17(20)21)13-4-5-15-16(10-13)25-12-24-15/h4-7,10,17H,8-9,11-12H2,1-3H3/t17-,20-/m0/s1. The summed E-state index contributed by atoms with van der Waals surface area (Å²) in [6.45, 7) is 6.30. The minimum atomic E-state index is -0.574. The van der Waals surface area contributed by atoms with Gasteiger partial charge in [-0.05, 0) is 51.0 Å². The van der Waals surface area contributed by atoms with E-state index in [-0.39, 0.29) is 24.7 Å². The number of hydrogen-bond donors (Lipinski definition) is 0. The van der Waals surface area contributed by atoms with E-state index >= 15 is 0 Å². The summed E-state index contributed by atoms with van der Waals surface area (Å²) in [5.74, 6) is 1.46. The van der Waals surface area contributed by atoms with Crippen molar-refractivity contribution in [3.8, 4) is 11.5 Å². The number of rotatable bonds is 1. The van der Waals surface area contributed by atoms with Crippen LogP contribution in [0.1, 0.15) is 39.2 Å². The third-order valence-corrected chi connectivity index (χ3v) is 5.24. The Kier molecular flexibility index (Phi) is 3.75. The highest BCUT2D eigenvalue weighted by Crippen LogP contribution is 2.47. The Morgan fingerprint density at radius 2 is 2.04 bits per heavy atom. The third-order valence-electron chi connectivity index (χ3n) is 5.24. The number of likely N-dealkylation sites (tertiary alicyclic amines) is 1. The Bertz CT molecular complexity index is 794. The molecule has 138 valence electrons. The second kappa shape index (κ2) is 5.76. The SMILES string of the molecule is CC(C)(C)OC(=O)N1CC[C@]2(c3ccc4c(c3)OCO4)C=CC(=O)C[C@H]12. The predicted octanol–water partition coefficient (Wildman–Crippen LogP) is 3.19. The van der Waals surface area contributed by atoms with E-state index in [0.29, 0.717) is 18.7 Å². The summed E-state index contributed by atoms with van der Waals surface area (Å²) < 4.78 is 16.5. The Hall–Kier alpha value is -2.50. The molecule has 1 aromatic carbocycles. The maximum Gasteiger partial charge on any atom is 0.410 e. The van der Waals surface area contributed by atoms with Crippen molar-refractivity contribution in [2.45, 2.75) is 50.7 Å². The van der Waals surface area contributed by atoms with Crippen LogP contribution in [-0.2, 0) is 14.9 Å². The molecule has 1 aromatic rings. The predicted molar refractivity (Wildman–Crippen MR) is 94.4 cm³/mol. The fourth-order valence-electron chi connectivity index (χ4n) is 4.05. The van der Waals surface area contributed by atoms with Gasteiger partial charge >= 0.3 is 6.09 Å². The fourth-order valence-corrected chi connectivity index (χ4v) is 4.05. The molecule has 0 aromatic heterocycles. The van der Waals surface area contributed by atoms with Gasteiger partial charge in [-0.2, -0.15) is 0 Å². The number of benzene rings is 1. The van der Waals surface area contributed by atoms with E-state index < -0.39 is 11.0 Å². The molecule has 2 heterocycles. The van der Waals surface area contributed by atoms with E-state index in [4.69, 9.17) is 14.2 Å². The van der Waals surface area contributed by atoms with Gasteiger partial charge in [0.05, 0.1) is 6.04 Å². The van der Waals surface area contributed by atoms with Crippen molar-refractivity contribution in [2.24, 2.45) is 0 Å². The van der Waals surface area contributed by atoms with Crippen LogP contribution in [-0.4, -0.2) is 41.8 Å². The molecule has 26 heavy (non-hydrogen) atoms. The van der Waals surface area contributed by atoms with Gasteiger partial charge in [0.25, 0.3) is 0 Å². The lowest BCUT2D eigenvalue weighted by Crippen LogP contribution is -2.48. The zero-order chi connectivity index (χ0) is 18.5. The van der Waals surface area contributed by atoms with Gasteiger partial charge in [-0.15, -0.1) is 0 Å². The van der Waals surface area contributed by atoms with E-state index in [1.165, 1.54) is 0 Å². The van der Waals surface area contributed by atoms with Crippen LogP contribution in [0.3, 0.4) is 0 Å². The first-order chi connectivity index (χ1) is 12.3. The van der Waals surface area contributed by atoms with Crippen molar-refractivity contribution in [1.82, 2.24) is 4.90 Å². The Balaban J connectivity index is 1.71. The number of ether oxygens (including phenoxy) is 3. The maximum atomic E-state index is 12.7. The average Bonchev–Trinajstić information content (AvgIpc) is 3.17. The number of allylic oxidation sites excluding steroid dienone is 1. The van der Waals surface area contributed by atoms with Crippen molar-refractivity contribution in [2.75, 3.05) is 13.3 Å². The summed E-state index contributed by atoms with van der Waals surface area (Å²) in [7, 11) is 0. The van der Waals surface area contributed by atoms with Crippen LogP contribution in [0.2, 0.25) is 0 Å². The summed E-state index contributed by atoms with van der Waals surface area (Å²) in [6, 6.07) is 5.60. The first-order valence-electron chi connectivity index (χ1n) is 8.90. The second-order valence-electron chi connectivity index (χ2n) is 8.05. The maximum absolute atomic E-state index is 12.7. The number of nitrogens with zero attached hydrogens (tertiary/aromatic N) is 1. The van der Waals surface area contributed by atoms with Crippen LogP contribution in [0.25, 0.3) is 0 Å². The molecule has 2 atom stereocenters. The summed E-state index contributed by atoms with van der Waals surface area (Å²) in [4.78, 5) is 26.5. The molecule has 1 amide bonds. The highest BCUT2D eigenvalue weighted by atomic mass is 16.7. The van der Waals surface area contributed by atoms with Gasteiger partial charge in [-0.3, -0.25) is 4.79 Å². The highest BCUT2D eigenvalue weighted by Gasteiger charge is 2.52. The van der Waals surface area contributed by atoms with Crippen LogP contribution in [0.15, 0.2) is 30.4 Å². The molecular weight excluding hydrogens is 334 g/mol. The smallest absolute Gasteiger partial charge is 0.410 e. The van der Waals surface area contributed by atoms with Crippen molar-refractivity contribution in [1.29, 1.82) is 0 Å². The van der Waals surface area contributed by atoms with Crippen molar-refractivity contribution < 1.29 is 23.8 Å². The molecule has 0 N–H and O–H groups in total. The van der Waals surface area contributed by atoms with Crippen LogP contribution in [0.4, 0.5) is 4.79 Å². The van der Waals surface area contributed by atoms with Crippen molar-refractivity contribution in [3.05, 3.63) is 35.9 Å². The zero-order valence-corrected chi connectivity index (χ0v) is 15.3. The molecule has 0 unspecified atom stereocenters. The van der Waals surface area contributed by atoms with Gasteiger partial charge < -0.3 is 19.1 Å². The van der Waals surface area contributed by atoms with Crippen molar-refractivity contribution in [3.63, 3.8) is 0 Å². The fraction of sp³-hybridized carbons (Fsp3) is 0.500. The lowest BCUT2D eigenvalue weighted by molar-refractivity contribution is -0.116. The largest absolute Gasteiger partial charge is 0.454 e. The topological polar surface area (TPSA) is 65.1 Å². The van der Waals surface area contributed by atoms with E-state index in [1.54, 1.807) is 11.0 Å². The molecule has 4 rings (SSSR count). The quantitative estimate of drug-likeness (QED) is 0.772. The zero-order valence-electron chi connectivity index (χ0n) is 15.3. The normalized spacial score (nSPS) is 26.8. The molecule has 0 radical (unpaired) electrons. The van der Waals surface area contributed by atoms with Crippen LogP contribution < -0.4 is 9.47 Å². The molecule has 2 aliphatic heterocycles. The Labute approximate surface area is 152 Å². The van der Waals surface area contributed by atoms with Gasteiger partial charge in [0.15, 0.2) is 17.3 Å². The van der Waals surface area contributed by atoms with Crippen molar-refractivity contribution >= 4 is 11.9 Å². The first kappa shape index (κ1) is 16.9. The molecular formula is C20H23NO5. The van der Waals surface area contributed by atoms with Crippen LogP contribution in [0, 0.1) is 0 Å². The van der Waals surface area contributed by atoms with Gasteiger partial charge in [0.1, 0.15) is 5.60 Å². The Morgan fingerprint density at radius 1 is 1.27 bits per heavy atom. The number of carbonyl (C=O) groups excluding carboxylic acids is 2. The molecule has 1 aliphatic carbocycles. The molecule has 3 aliphatic rings. The number of carbonyl (C=O) groups is 2. The Morgan fingerprint density at radius 3 is 2.81 bits per heavy atom. The number of hydrogen-bond acceptors (Lipinski definition) is 5. The van der Waals surface area contributed by atoms with Crippen LogP contribution in [0.5, 0.6) is 11.5 Å². The molecule has 1 fully saturated rings. The third kappa shape index (κ3) is 2.73. The average molecular weight is 357 g/mol. The van der Waals surface area contributed by atoms with Gasteiger partial charge in [-0.25, -0.2) is 4.79 Å². The van der Waals surface area contributed by atoms with Gasteiger partial charge in [0, 0.05) is 18.4 Å². The lowest BCUT2D eigenvalue weighted by atomic mass is 9.69. The second-order valence-corrected chi connectivity index (χ2v) is 8.05. The summed E-state index contributed by atoms with van der Waals surface area (Å²) in [5.41, 5.74) is 0.0445. The first-order valence-corrected chi connectivity index (χ1v) is 8.90. The molecule has 6 nitrogen and oxygen atoms in total. The van der Waals surface area contributed by atoms with E-state index in [2.05, 4.69) is 0 Å². The highest BCUT2D eigenvalue weighted by molar-refractivity contribution is 5.92. The van der Waals surface area contributed by atoms with Crippen LogP contribution >= 0.6 is 0 Å². The van der Waals surface area contributed by atoms with Gasteiger partial charge in [-0.1, -0.05) is 12.1 Å². The van der Waals surface area contributed by atoms with Gasteiger partial charge in [0.2, 0.25) is 6.79 Å². The summed E-state index contributed by atoms with van der Waals surface area (Å²) >= 11 is 0. The molecule has 0 spiro atoms. The minimum Gasteiger partial charge on any atom is -0.454 e. The number of ketones is 1. The summed E-state index contributed by atoms with van der Waals surface area (Å²) in [5, 5.41) is 0. The molecule has 0 saturated carbocycles. The minimum absolute atomic E-state index is 0.0295. The molecule has 1 saturated heterocycles. The van der Waals surface area contributed by atoms with E-state index in [0.717, 1.165) is 17.7 Å². The molecule has 6 heteroatoms.